The lowest BCUT2D eigenvalue weighted by Gasteiger charge is -2.20. The van der Waals surface area contributed by atoms with Gasteiger partial charge >= 0.3 is 0 Å². The van der Waals surface area contributed by atoms with E-state index in [0.29, 0.717) is 25.3 Å². The molecule has 0 spiro atoms. The first-order valence-electron chi connectivity index (χ1n) is 9.33. The largest absolute Gasteiger partial charge is 0.383 e. The minimum absolute atomic E-state index is 0.0769. The molecule has 0 bridgehead atoms. The Hall–Kier alpha value is -1.64. The number of carbonyl (C=O) groups excluding carboxylic acids is 1. The Morgan fingerprint density at radius 2 is 1.96 bits per heavy atom. The maximum absolute atomic E-state index is 12.8. The van der Waals surface area contributed by atoms with Crippen LogP contribution in [-0.2, 0) is 14.8 Å². The number of anilines is 2. The molecule has 1 aliphatic rings. The van der Waals surface area contributed by atoms with E-state index in [9.17, 15) is 13.2 Å². The van der Waals surface area contributed by atoms with Crippen LogP contribution in [0.2, 0.25) is 0 Å². The lowest BCUT2D eigenvalue weighted by Crippen LogP contribution is -2.31. The lowest BCUT2D eigenvalue weighted by atomic mass is 10.1. The first-order valence-corrected chi connectivity index (χ1v) is 10.8. The van der Waals surface area contributed by atoms with E-state index in [1.54, 1.807) is 18.2 Å². The number of carbonyl (C=O) groups is 1. The molecule has 26 heavy (non-hydrogen) atoms. The Labute approximate surface area is 156 Å². The van der Waals surface area contributed by atoms with Gasteiger partial charge in [0, 0.05) is 26.2 Å². The molecular formula is C18H30N4O3S. The lowest BCUT2D eigenvalue weighted by molar-refractivity contribution is -0.119. The second-order valence-corrected chi connectivity index (χ2v) is 8.34. The summed E-state index contributed by atoms with van der Waals surface area (Å²) in [6.07, 6.45) is 1.72. The number of rotatable bonds is 9. The Morgan fingerprint density at radius 3 is 2.54 bits per heavy atom. The van der Waals surface area contributed by atoms with Crippen molar-refractivity contribution in [3.8, 4) is 0 Å². The monoisotopic (exact) mass is 382 g/mol. The molecule has 1 saturated heterocycles. The third-order valence-electron chi connectivity index (χ3n) is 4.59. The molecule has 1 amide bonds. The first-order chi connectivity index (χ1) is 12.4. The molecular weight excluding hydrogens is 352 g/mol. The highest BCUT2D eigenvalue weighted by molar-refractivity contribution is 7.89. The molecule has 146 valence electrons. The van der Waals surface area contributed by atoms with Gasteiger partial charge in [-0.25, -0.2) is 8.42 Å². The summed E-state index contributed by atoms with van der Waals surface area (Å²) in [5.74, 6) is -0.163. The van der Waals surface area contributed by atoms with Crippen molar-refractivity contribution in [2.24, 2.45) is 5.92 Å². The first kappa shape index (κ1) is 20.7. The number of hydrogen-bond donors (Lipinski definition) is 3. The molecule has 0 saturated carbocycles. The predicted octanol–water partition coefficient (Wildman–Crippen LogP) is 2.09. The van der Waals surface area contributed by atoms with Crippen molar-refractivity contribution in [1.82, 2.24) is 9.62 Å². The smallest absolute Gasteiger partial charge is 0.243 e. The zero-order chi connectivity index (χ0) is 19.2. The molecule has 0 radical (unpaired) electrons. The van der Waals surface area contributed by atoms with Crippen molar-refractivity contribution in [2.45, 2.75) is 38.5 Å². The number of nitrogens with one attached hydrogen (secondary N) is 3. The average molecular weight is 383 g/mol. The topological polar surface area (TPSA) is 90.5 Å². The molecule has 3 N–H and O–H groups in total. The van der Waals surface area contributed by atoms with E-state index in [0.717, 1.165) is 31.6 Å². The molecule has 7 nitrogen and oxygen atoms in total. The molecule has 1 heterocycles. The van der Waals surface area contributed by atoms with Crippen molar-refractivity contribution >= 4 is 27.3 Å². The van der Waals surface area contributed by atoms with E-state index in [2.05, 4.69) is 22.9 Å². The molecule has 1 aliphatic heterocycles. The zero-order valence-corrected chi connectivity index (χ0v) is 16.7. The van der Waals surface area contributed by atoms with Gasteiger partial charge in [0.1, 0.15) is 0 Å². The maximum atomic E-state index is 12.8. The highest BCUT2D eigenvalue weighted by Crippen LogP contribution is 2.28. The number of amides is 1. The van der Waals surface area contributed by atoms with Gasteiger partial charge < -0.3 is 16.0 Å². The normalized spacial score (nSPS) is 17.5. The highest BCUT2D eigenvalue weighted by Gasteiger charge is 2.25. The van der Waals surface area contributed by atoms with Gasteiger partial charge in [-0.2, -0.15) is 4.31 Å². The molecule has 0 aliphatic carbocycles. The quantitative estimate of drug-likeness (QED) is 0.608. The minimum Gasteiger partial charge on any atom is -0.383 e. The Bertz CT molecular complexity index is 711. The van der Waals surface area contributed by atoms with Crippen molar-refractivity contribution in [2.75, 3.05) is 43.4 Å². The van der Waals surface area contributed by atoms with Gasteiger partial charge in [-0.05, 0) is 37.6 Å². The summed E-state index contributed by atoms with van der Waals surface area (Å²) >= 11 is 0. The Balaban J connectivity index is 2.33. The van der Waals surface area contributed by atoms with Gasteiger partial charge in [-0.1, -0.05) is 20.8 Å². The van der Waals surface area contributed by atoms with Gasteiger partial charge in [-0.15, -0.1) is 0 Å². The SMILES string of the molecule is CCCNc1ccc(S(=O)(=O)N(CC)CC)cc1NC(=O)C1CCNC1. The van der Waals surface area contributed by atoms with E-state index in [-0.39, 0.29) is 16.7 Å². The van der Waals surface area contributed by atoms with Crippen LogP contribution in [0.5, 0.6) is 0 Å². The van der Waals surface area contributed by atoms with Crippen LogP contribution in [0.3, 0.4) is 0 Å². The molecule has 1 aromatic carbocycles. The Kier molecular flexibility index (Phi) is 7.43. The van der Waals surface area contributed by atoms with E-state index in [1.165, 1.54) is 4.31 Å². The van der Waals surface area contributed by atoms with Crippen molar-refractivity contribution in [3.63, 3.8) is 0 Å². The van der Waals surface area contributed by atoms with E-state index in [4.69, 9.17) is 0 Å². The highest BCUT2D eigenvalue weighted by atomic mass is 32.2. The number of sulfonamides is 1. The molecule has 1 aromatic rings. The van der Waals surface area contributed by atoms with Crippen LogP contribution in [0.1, 0.15) is 33.6 Å². The third kappa shape index (κ3) is 4.75. The second-order valence-electron chi connectivity index (χ2n) is 6.40. The average Bonchev–Trinajstić information content (AvgIpc) is 3.16. The second kappa shape index (κ2) is 9.34. The van der Waals surface area contributed by atoms with Crippen LogP contribution in [-0.4, -0.2) is 51.4 Å². The van der Waals surface area contributed by atoms with Gasteiger partial charge in [0.2, 0.25) is 15.9 Å². The molecule has 8 heteroatoms. The maximum Gasteiger partial charge on any atom is 0.243 e. The van der Waals surface area contributed by atoms with Gasteiger partial charge in [0.05, 0.1) is 22.2 Å². The molecule has 2 rings (SSSR count). The van der Waals surface area contributed by atoms with Crippen LogP contribution in [0.4, 0.5) is 11.4 Å². The van der Waals surface area contributed by atoms with Crippen molar-refractivity contribution in [3.05, 3.63) is 18.2 Å². The molecule has 1 unspecified atom stereocenters. The summed E-state index contributed by atoms with van der Waals surface area (Å²) in [5, 5.41) is 9.36. The summed E-state index contributed by atoms with van der Waals surface area (Å²) in [4.78, 5) is 12.7. The van der Waals surface area contributed by atoms with Crippen LogP contribution in [0, 0.1) is 5.92 Å². The summed E-state index contributed by atoms with van der Waals surface area (Å²) in [7, 11) is -3.57. The van der Waals surface area contributed by atoms with Crippen LogP contribution in [0.25, 0.3) is 0 Å². The van der Waals surface area contributed by atoms with Gasteiger partial charge in [-0.3, -0.25) is 4.79 Å². The molecule has 1 fully saturated rings. The van der Waals surface area contributed by atoms with Gasteiger partial charge in [0.15, 0.2) is 0 Å². The fourth-order valence-electron chi connectivity index (χ4n) is 3.03. The summed E-state index contributed by atoms with van der Waals surface area (Å²) < 4.78 is 27.0. The third-order valence-corrected chi connectivity index (χ3v) is 6.63. The summed E-state index contributed by atoms with van der Waals surface area (Å²) in [6, 6.07) is 4.89. The number of hydrogen-bond acceptors (Lipinski definition) is 5. The molecule has 1 atom stereocenters. The van der Waals surface area contributed by atoms with Crippen molar-refractivity contribution in [1.29, 1.82) is 0 Å². The van der Waals surface area contributed by atoms with Crippen molar-refractivity contribution < 1.29 is 13.2 Å². The Morgan fingerprint density at radius 1 is 1.23 bits per heavy atom. The molecule has 0 aromatic heterocycles. The fraction of sp³-hybridized carbons (Fsp3) is 0.611. The number of benzene rings is 1. The predicted molar refractivity (Wildman–Crippen MR) is 105 cm³/mol. The fourth-order valence-corrected chi connectivity index (χ4v) is 4.51. The summed E-state index contributed by atoms with van der Waals surface area (Å²) in [6.45, 7) is 8.72. The standard InChI is InChI=1S/C18H30N4O3S/c1-4-10-20-16-8-7-15(26(24,25)22(5-2)6-3)12-17(16)21-18(23)14-9-11-19-13-14/h7-8,12,14,19-20H,4-6,9-11,13H2,1-3H3,(H,21,23). The van der Waals surface area contributed by atoms with Crippen LogP contribution in [0.15, 0.2) is 23.1 Å². The van der Waals surface area contributed by atoms with Gasteiger partial charge in [0.25, 0.3) is 0 Å². The van der Waals surface area contributed by atoms with Crippen LogP contribution < -0.4 is 16.0 Å². The number of nitrogens with zero attached hydrogens (tertiary/aromatic N) is 1. The van der Waals surface area contributed by atoms with E-state index < -0.39 is 10.0 Å². The van der Waals surface area contributed by atoms with E-state index in [1.807, 2.05) is 13.8 Å². The zero-order valence-electron chi connectivity index (χ0n) is 15.8. The van der Waals surface area contributed by atoms with Crippen LogP contribution >= 0.6 is 0 Å². The van der Waals surface area contributed by atoms with E-state index >= 15 is 0 Å². The minimum atomic E-state index is -3.57. The summed E-state index contributed by atoms with van der Waals surface area (Å²) in [5.41, 5.74) is 1.26.